The summed E-state index contributed by atoms with van der Waals surface area (Å²) >= 11 is 6.24. The highest BCUT2D eigenvalue weighted by molar-refractivity contribution is 6.30. The van der Waals surface area contributed by atoms with Crippen molar-refractivity contribution in [1.82, 2.24) is 9.80 Å². The first kappa shape index (κ1) is 27.6. The lowest BCUT2D eigenvalue weighted by Crippen LogP contribution is -2.52. The molecule has 0 spiro atoms. The van der Waals surface area contributed by atoms with Crippen molar-refractivity contribution in [3.05, 3.63) is 149 Å². The molecule has 2 unspecified atom stereocenters. The van der Waals surface area contributed by atoms with Gasteiger partial charge in [0.25, 0.3) is 0 Å². The topological polar surface area (TPSA) is 9.72 Å². The number of halogens is 3. The maximum atomic E-state index is 15.1. The monoisotopic (exact) mass is 569 g/mol. The summed E-state index contributed by atoms with van der Waals surface area (Å²) < 4.78 is 28.8. The normalized spacial score (nSPS) is 21.6. The summed E-state index contributed by atoms with van der Waals surface area (Å²) in [5.41, 5.74) is 3.43. The van der Waals surface area contributed by atoms with E-state index in [1.54, 1.807) is 0 Å². The van der Waals surface area contributed by atoms with E-state index in [9.17, 15) is 4.39 Å². The fourth-order valence-corrected chi connectivity index (χ4v) is 6.59. The SMILES string of the molecule is CC1(c2ccc(Cl)cc2)C(CN2CCN(C(c3ccccc3)c3ccccc3)CC2)C=CN1c1ccc(F)cc1F. The largest absolute Gasteiger partial charge is 0.335 e. The Morgan fingerprint density at radius 1 is 0.805 bits per heavy atom. The Balaban J connectivity index is 1.23. The van der Waals surface area contributed by atoms with Crippen LogP contribution < -0.4 is 4.90 Å². The van der Waals surface area contributed by atoms with E-state index in [1.165, 1.54) is 23.3 Å². The van der Waals surface area contributed by atoms with Crippen LogP contribution >= 0.6 is 11.6 Å². The zero-order valence-electron chi connectivity index (χ0n) is 23.1. The maximum Gasteiger partial charge on any atom is 0.149 e. The fourth-order valence-electron chi connectivity index (χ4n) is 6.46. The van der Waals surface area contributed by atoms with Gasteiger partial charge < -0.3 is 9.80 Å². The van der Waals surface area contributed by atoms with Crippen molar-refractivity contribution < 1.29 is 8.78 Å². The van der Waals surface area contributed by atoms with Crippen LogP contribution in [0.1, 0.15) is 29.7 Å². The quantitative estimate of drug-likeness (QED) is 0.224. The summed E-state index contributed by atoms with van der Waals surface area (Å²) in [6.07, 6.45) is 4.12. The molecule has 210 valence electrons. The number of benzene rings is 4. The molecule has 1 saturated heterocycles. The minimum Gasteiger partial charge on any atom is -0.335 e. The average molecular weight is 570 g/mol. The molecule has 0 saturated carbocycles. The molecule has 0 bridgehead atoms. The molecule has 0 radical (unpaired) electrons. The van der Waals surface area contributed by atoms with Crippen molar-refractivity contribution in [3.8, 4) is 0 Å². The van der Waals surface area contributed by atoms with Gasteiger partial charge in [-0.1, -0.05) is 90.5 Å². The highest BCUT2D eigenvalue weighted by Gasteiger charge is 2.45. The molecular formula is C35H34ClF2N3. The van der Waals surface area contributed by atoms with Crippen molar-refractivity contribution in [2.75, 3.05) is 37.6 Å². The number of nitrogens with zero attached hydrogens (tertiary/aromatic N) is 3. The molecule has 2 atom stereocenters. The Bertz CT molecular complexity index is 1450. The van der Waals surface area contributed by atoms with E-state index in [-0.39, 0.29) is 12.0 Å². The fraction of sp³-hybridized carbons (Fsp3) is 0.257. The van der Waals surface area contributed by atoms with Crippen LogP contribution in [0.15, 0.2) is 115 Å². The second-order valence-electron chi connectivity index (χ2n) is 11.1. The summed E-state index contributed by atoms with van der Waals surface area (Å²) in [4.78, 5) is 7.04. The molecule has 0 aliphatic carbocycles. The van der Waals surface area contributed by atoms with Gasteiger partial charge in [-0.05, 0) is 47.9 Å². The molecule has 4 aromatic carbocycles. The Morgan fingerprint density at radius 2 is 1.41 bits per heavy atom. The predicted molar refractivity (Wildman–Crippen MR) is 163 cm³/mol. The molecule has 0 amide bonds. The zero-order valence-corrected chi connectivity index (χ0v) is 23.9. The summed E-state index contributed by atoms with van der Waals surface area (Å²) in [6, 6.07) is 33.2. The van der Waals surface area contributed by atoms with Crippen molar-refractivity contribution in [2.24, 2.45) is 5.92 Å². The Kier molecular flexibility index (Phi) is 7.94. The van der Waals surface area contributed by atoms with E-state index in [2.05, 4.69) is 83.5 Å². The maximum absolute atomic E-state index is 15.1. The number of hydrogen-bond donors (Lipinski definition) is 0. The van der Waals surface area contributed by atoms with Gasteiger partial charge in [0.1, 0.15) is 11.6 Å². The first-order valence-electron chi connectivity index (χ1n) is 14.2. The Labute approximate surface area is 246 Å². The first-order valence-corrected chi connectivity index (χ1v) is 14.6. The lowest BCUT2D eigenvalue weighted by atomic mass is 9.79. The van der Waals surface area contributed by atoms with Gasteiger partial charge in [-0.3, -0.25) is 4.90 Å². The van der Waals surface area contributed by atoms with Gasteiger partial charge in [-0.25, -0.2) is 8.78 Å². The molecule has 41 heavy (non-hydrogen) atoms. The highest BCUT2D eigenvalue weighted by Crippen LogP contribution is 2.46. The van der Waals surface area contributed by atoms with E-state index in [1.807, 2.05) is 35.4 Å². The second kappa shape index (κ2) is 11.8. The summed E-state index contributed by atoms with van der Waals surface area (Å²) in [7, 11) is 0. The van der Waals surface area contributed by atoms with Gasteiger partial charge in [-0.15, -0.1) is 0 Å². The van der Waals surface area contributed by atoms with E-state index in [0.29, 0.717) is 10.7 Å². The van der Waals surface area contributed by atoms with Crippen LogP contribution in [0, 0.1) is 17.6 Å². The number of anilines is 1. The Hall–Kier alpha value is -3.51. The molecule has 4 aromatic rings. The highest BCUT2D eigenvalue weighted by atomic mass is 35.5. The van der Waals surface area contributed by atoms with Crippen LogP contribution in [0.5, 0.6) is 0 Å². The molecule has 2 aliphatic rings. The molecule has 0 N–H and O–H groups in total. The molecule has 3 nitrogen and oxygen atoms in total. The van der Waals surface area contributed by atoms with Gasteiger partial charge in [-0.2, -0.15) is 0 Å². The summed E-state index contributed by atoms with van der Waals surface area (Å²) in [6.45, 7) is 6.72. The molecule has 1 fully saturated rings. The standard InChI is InChI=1S/C35H34ClF2N3/c1-35(28-12-14-30(36)15-13-28)29(18-19-41(35)33-17-16-31(37)24-32(33)38)25-39-20-22-40(23-21-39)34(26-8-4-2-5-9-26)27-10-6-3-7-11-27/h2-19,24,29,34H,20-23,25H2,1H3. The molecule has 6 rings (SSSR count). The molecule has 2 aliphatic heterocycles. The lowest BCUT2D eigenvalue weighted by molar-refractivity contribution is 0.0944. The van der Waals surface area contributed by atoms with Crippen molar-refractivity contribution in [1.29, 1.82) is 0 Å². The number of piperazine rings is 1. The molecular weight excluding hydrogens is 536 g/mol. The molecule has 6 heteroatoms. The first-order chi connectivity index (χ1) is 19.9. The summed E-state index contributed by atoms with van der Waals surface area (Å²) in [5, 5.41) is 0.655. The van der Waals surface area contributed by atoms with Crippen LogP contribution in [0.4, 0.5) is 14.5 Å². The van der Waals surface area contributed by atoms with Gasteiger partial charge in [0.05, 0.1) is 17.3 Å². The van der Waals surface area contributed by atoms with Crippen LogP contribution in [-0.4, -0.2) is 42.5 Å². The van der Waals surface area contributed by atoms with Crippen LogP contribution in [0.25, 0.3) is 0 Å². The Morgan fingerprint density at radius 3 is 2.00 bits per heavy atom. The van der Waals surface area contributed by atoms with E-state index in [0.717, 1.165) is 44.4 Å². The van der Waals surface area contributed by atoms with Crippen LogP contribution in [-0.2, 0) is 5.54 Å². The van der Waals surface area contributed by atoms with Gasteiger partial charge >= 0.3 is 0 Å². The molecule has 0 aromatic heterocycles. The van der Waals surface area contributed by atoms with Gasteiger partial charge in [0.2, 0.25) is 0 Å². The predicted octanol–water partition coefficient (Wildman–Crippen LogP) is 7.89. The third-order valence-corrected chi connectivity index (χ3v) is 9.00. The third kappa shape index (κ3) is 5.54. The minimum absolute atomic E-state index is 0.0822. The van der Waals surface area contributed by atoms with Crippen molar-refractivity contribution in [2.45, 2.75) is 18.5 Å². The van der Waals surface area contributed by atoms with Crippen LogP contribution in [0.3, 0.4) is 0 Å². The zero-order chi connectivity index (χ0) is 28.4. The van der Waals surface area contributed by atoms with Gasteiger partial charge in [0, 0.05) is 55.9 Å². The number of hydrogen-bond acceptors (Lipinski definition) is 3. The van der Waals surface area contributed by atoms with E-state index in [4.69, 9.17) is 11.6 Å². The lowest BCUT2D eigenvalue weighted by Gasteiger charge is -2.45. The van der Waals surface area contributed by atoms with E-state index < -0.39 is 17.2 Å². The van der Waals surface area contributed by atoms with Crippen molar-refractivity contribution in [3.63, 3.8) is 0 Å². The van der Waals surface area contributed by atoms with Crippen LogP contribution in [0.2, 0.25) is 5.02 Å². The minimum atomic E-state index is -0.582. The van der Waals surface area contributed by atoms with Gasteiger partial charge in [0.15, 0.2) is 0 Å². The second-order valence-corrected chi connectivity index (χ2v) is 11.6. The summed E-state index contributed by atoms with van der Waals surface area (Å²) in [5.74, 6) is -1.07. The molecule has 2 heterocycles. The number of rotatable bonds is 7. The van der Waals surface area contributed by atoms with Crippen molar-refractivity contribution >= 4 is 17.3 Å². The smallest absolute Gasteiger partial charge is 0.149 e. The average Bonchev–Trinajstić information content (AvgIpc) is 3.31. The third-order valence-electron chi connectivity index (χ3n) is 8.75. The van der Waals surface area contributed by atoms with E-state index >= 15 is 4.39 Å².